The highest BCUT2D eigenvalue weighted by molar-refractivity contribution is 5.42. The molecule has 38 heavy (non-hydrogen) atoms. The third-order valence-corrected chi connectivity index (χ3v) is 7.88. The van der Waals surface area contributed by atoms with Gasteiger partial charge in [-0.2, -0.15) is 10.2 Å². The summed E-state index contributed by atoms with van der Waals surface area (Å²) in [6, 6.07) is 21.6. The first kappa shape index (κ1) is 24.7. The SMILES string of the molecule is Cn1ccc(CN(Cc2ccn(C)n2)C2CCC(Oc3ccc4c(c3)CCC(c3ccccc3)O4)CC2)n1. The highest BCUT2D eigenvalue weighted by Gasteiger charge is 2.28. The van der Waals surface area contributed by atoms with Crippen LogP contribution in [-0.2, 0) is 33.6 Å². The van der Waals surface area contributed by atoms with Crippen molar-refractivity contribution in [3.05, 3.63) is 95.6 Å². The standard InChI is InChI=1S/C31H37N5O2/c1-34-18-16-25(32-34)21-36(22-26-17-19-35(2)33-26)27-9-11-28(12-10-27)37-29-13-15-31-24(20-29)8-14-30(38-31)23-6-4-3-5-7-23/h3-7,13,15-20,27-28,30H,8-12,14,21-22H2,1-2H3. The van der Waals surface area contributed by atoms with Crippen LogP contribution in [0.1, 0.15) is 60.7 Å². The molecule has 6 rings (SSSR count). The van der Waals surface area contributed by atoms with Crippen molar-refractivity contribution in [3.8, 4) is 11.5 Å². The predicted octanol–water partition coefficient (Wildman–Crippen LogP) is 5.61. The summed E-state index contributed by atoms with van der Waals surface area (Å²) in [5.41, 5.74) is 4.70. The number of fused-ring (bicyclic) bond motifs is 1. The van der Waals surface area contributed by atoms with Gasteiger partial charge in [0.15, 0.2) is 0 Å². The molecule has 0 amide bonds. The fourth-order valence-electron chi connectivity index (χ4n) is 5.89. The Morgan fingerprint density at radius 1 is 0.842 bits per heavy atom. The quantitative estimate of drug-likeness (QED) is 0.308. The number of aromatic nitrogens is 4. The van der Waals surface area contributed by atoms with Gasteiger partial charge in [-0.15, -0.1) is 0 Å². The third-order valence-electron chi connectivity index (χ3n) is 7.88. The van der Waals surface area contributed by atoms with Gasteiger partial charge in [0.25, 0.3) is 0 Å². The van der Waals surface area contributed by atoms with E-state index in [-0.39, 0.29) is 12.2 Å². The first-order valence-corrected chi connectivity index (χ1v) is 13.8. The average molecular weight is 512 g/mol. The summed E-state index contributed by atoms with van der Waals surface area (Å²) >= 11 is 0. The molecule has 4 aromatic rings. The van der Waals surface area contributed by atoms with Crippen LogP contribution < -0.4 is 9.47 Å². The normalized spacial score (nSPS) is 21.2. The van der Waals surface area contributed by atoms with Gasteiger partial charge in [-0.25, -0.2) is 0 Å². The summed E-state index contributed by atoms with van der Waals surface area (Å²) in [5.74, 6) is 1.95. The zero-order chi connectivity index (χ0) is 25.9. The Bertz CT molecular complexity index is 1300. The Hall–Kier alpha value is -3.58. The smallest absolute Gasteiger partial charge is 0.124 e. The number of hydrogen-bond donors (Lipinski definition) is 0. The molecule has 1 unspecified atom stereocenters. The van der Waals surface area contributed by atoms with E-state index in [4.69, 9.17) is 9.47 Å². The summed E-state index contributed by atoms with van der Waals surface area (Å²) in [6.45, 7) is 1.67. The fraction of sp³-hybridized carbons (Fsp3) is 0.419. The second-order valence-corrected chi connectivity index (χ2v) is 10.7. The van der Waals surface area contributed by atoms with Crippen LogP contribution in [0.5, 0.6) is 11.5 Å². The molecule has 2 aromatic heterocycles. The zero-order valence-electron chi connectivity index (χ0n) is 22.4. The van der Waals surface area contributed by atoms with Crippen molar-refractivity contribution in [1.29, 1.82) is 0 Å². The van der Waals surface area contributed by atoms with Crippen LogP contribution in [0.3, 0.4) is 0 Å². The van der Waals surface area contributed by atoms with E-state index < -0.39 is 0 Å². The Morgan fingerprint density at radius 3 is 2.16 bits per heavy atom. The lowest BCUT2D eigenvalue weighted by atomic mass is 9.91. The molecule has 0 N–H and O–H groups in total. The highest BCUT2D eigenvalue weighted by Crippen LogP contribution is 2.37. The summed E-state index contributed by atoms with van der Waals surface area (Å²) < 4.78 is 16.6. The Kier molecular flexibility index (Phi) is 7.18. The molecule has 1 aliphatic heterocycles. The largest absolute Gasteiger partial charge is 0.490 e. The molecule has 7 heteroatoms. The minimum atomic E-state index is 0.130. The van der Waals surface area contributed by atoms with Crippen molar-refractivity contribution in [1.82, 2.24) is 24.5 Å². The Balaban J connectivity index is 1.06. The van der Waals surface area contributed by atoms with E-state index in [2.05, 4.69) is 75.8 Å². The predicted molar refractivity (Wildman–Crippen MR) is 147 cm³/mol. The summed E-state index contributed by atoms with van der Waals surface area (Å²) in [6.07, 6.45) is 10.7. The third kappa shape index (κ3) is 5.78. The molecule has 1 atom stereocenters. The van der Waals surface area contributed by atoms with Crippen molar-refractivity contribution in [3.63, 3.8) is 0 Å². The van der Waals surface area contributed by atoms with Gasteiger partial charge < -0.3 is 9.47 Å². The fourth-order valence-corrected chi connectivity index (χ4v) is 5.89. The van der Waals surface area contributed by atoms with E-state index in [1.807, 2.05) is 35.9 Å². The van der Waals surface area contributed by atoms with Crippen LogP contribution in [0.15, 0.2) is 73.1 Å². The van der Waals surface area contributed by atoms with Crippen molar-refractivity contribution in [2.75, 3.05) is 0 Å². The number of ether oxygens (including phenoxy) is 2. The average Bonchev–Trinajstić information content (AvgIpc) is 3.55. The second-order valence-electron chi connectivity index (χ2n) is 10.7. The first-order chi connectivity index (χ1) is 18.6. The molecule has 1 aliphatic carbocycles. The number of hydrogen-bond acceptors (Lipinski definition) is 5. The maximum absolute atomic E-state index is 6.50. The van der Waals surface area contributed by atoms with Crippen molar-refractivity contribution < 1.29 is 9.47 Å². The van der Waals surface area contributed by atoms with Crippen LogP contribution in [0.25, 0.3) is 0 Å². The summed E-state index contributed by atoms with van der Waals surface area (Å²) in [4.78, 5) is 2.54. The summed E-state index contributed by atoms with van der Waals surface area (Å²) in [7, 11) is 3.95. The van der Waals surface area contributed by atoms with Crippen LogP contribution in [-0.4, -0.2) is 36.6 Å². The molecule has 1 fully saturated rings. The lowest BCUT2D eigenvalue weighted by Crippen LogP contribution is -2.39. The van der Waals surface area contributed by atoms with Gasteiger partial charge in [0.2, 0.25) is 0 Å². The molecule has 0 spiro atoms. The van der Waals surface area contributed by atoms with Gasteiger partial charge in [-0.05, 0) is 80.0 Å². The molecule has 198 valence electrons. The monoisotopic (exact) mass is 511 g/mol. The molecule has 0 saturated heterocycles. The van der Waals surface area contributed by atoms with Gasteiger partial charge in [0.1, 0.15) is 17.6 Å². The first-order valence-electron chi connectivity index (χ1n) is 13.8. The van der Waals surface area contributed by atoms with Crippen molar-refractivity contribution in [2.45, 2.75) is 69.9 Å². The van der Waals surface area contributed by atoms with E-state index in [0.717, 1.165) is 74.5 Å². The maximum Gasteiger partial charge on any atom is 0.124 e. The lowest BCUT2D eigenvalue weighted by molar-refractivity contribution is 0.0776. The molecule has 2 aliphatic rings. The van der Waals surface area contributed by atoms with E-state index >= 15 is 0 Å². The molecular formula is C31H37N5O2. The van der Waals surface area contributed by atoms with Gasteiger partial charge in [-0.3, -0.25) is 14.3 Å². The molecule has 3 heterocycles. The summed E-state index contributed by atoms with van der Waals surface area (Å²) in [5, 5.41) is 9.27. The molecule has 0 radical (unpaired) electrons. The van der Waals surface area contributed by atoms with Gasteiger partial charge in [-0.1, -0.05) is 30.3 Å². The molecule has 7 nitrogen and oxygen atoms in total. The Labute approximate surface area is 225 Å². The van der Waals surface area contributed by atoms with Crippen molar-refractivity contribution in [2.24, 2.45) is 14.1 Å². The van der Waals surface area contributed by atoms with Crippen LogP contribution in [0, 0.1) is 0 Å². The molecule has 2 aromatic carbocycles. The van der Waals surface area contributed by atoms with Gasteiger partial charge >= 0.3 is 0 Å². The van der Waals surface area contributed by atoms with Crippen LogP contribution in [0.2, 0.25) is 0 Å². The van der Waals surface area contributed by atoms with Crippen LogP contribution >= 0.6 is 0 Å². The number of benzene rings is 2. The zero-order valence-corrected chi connectivity index (χ0v) is 22.4. The lowest BCUT2D eigenvalue weighted by Gasteiger charge is -2.36. The van der Waals surface area contributed by atoms with E-state index in [0.29, 0.717) is 6.04 Å². The Morgan fingerprint density at radius 2 is 1.53 bits per heavy atom. The van der Waals surface area contributed by atoms with Gasteiger partial charge in [0, 0.05) is 45.6 Å². The highest BCUT2D eigenvalue weighted by atomic mass is 16.5. The topological polar surface area (TPSA) is 57.3 Å². The van der Waals surface area contributed by atoms with Crippen molar-refractivity contribution >= 4 is 0 Å². The minimum Gasteiger partial charge on any atom is -0.490 e. The number of nitrogens with zero attached hydrogens (tertiary/aromatic N) is 5. The minimum absolute atomic E-state index is 0.130. The van der Waals surface area contributed by atoms with E-state index in [1.54, 1.807) is 0 Å². The number of rotatable bonds is 8. The molecule has 0 bridgehead atoms. The molecule has 1 saturated carbocycles. The van der Waals surface area contributed by atoms with E-state index in [9.17, 15) is 0 Å². The van der Waals surface area contributed by atoms with Gasteiger partial charge in [0.05, 0.1) is 17.5 Å². The number of aryl methyl sites for hydroxylation is 3. The molecular weight excluding hydrogens is 474 g/mol. The second kappa shape index (κ2) is 11.0. The van der Waals surface area contributed by atoms with E-state index in [1.165, 1.54) is 11.1 Å². The maximum atomic E-state index is 6.50. The van der Waals surface area contributed by atoms with Crippen LogP contribution in [0.4, 0.5) is 0 Å².